The Kier molecular flexibility index (Phi) is 6.49. The standard InChI is InChI=1S/C26H26N4O4/c1-29(2)20-11-9-18(10-12-20)28-24-23(17-8-13-21(33-3)22(15-17)34-4)25(31)30(26(24)32)16-19-7-5-6-14-27-19/h5-15,28H,16H2,1-4H3. The molecule has 4 rings (SSSR count). The summed E-state index contributed by atoms with van der Waals surface area (Å²) >= 11 is 0. The lowest BCUT2D eigenvalue weighted by atomic mass is 10.0. The molecule has 0 atom stereocenters. The number of hydrogen-bond donors (Lipinski definition) is 1. The highest BCUT2D eigenvalue weighted by molar-refractivity contribution is 6.36. The molecule has 34 heavy (non-hydrogen) atoms. The minimum atomic E-state index is -0.419. The van der Waals surface area contributed by atoms with E-state index >= 15 is 0 Å². The van der Waals surface area contributed by atoms with Gasteiger partial charge in [-0.05, 0) is 54.1 Å². The van der Waals surface area contributed by atoms with Crippen LogP contribution in [0.4, 0.5) is 11.4 Å². The normalized spacial score (nSPS) is 13.4. The third-order valence-electron chi connectivity index (χ3n) is 5.54. The number of pyridine rings is 1. The smallest absolute Gasteiger partial charge is 0.278 e. The van der Waals surface area contributed by atoms with E-state index < -0.39 is 11.8 Å². The van der Waals surface area contributed by atoms with Crippen LogP contribution in [0.5, 0.6) is 11.5 Å². The maximum absolute atomic E-state index is 13.5. The van der Waals surface area contributed by atoms with E-state index in [1.54, 1.807) is 43.6 Å². The Morgan fingerprint density at radius 2 is 1.65 bits per heavy atom. The maximum Gasteiger partial charge on any atom is 0.278 e. The first kappa shape index (κ1) is 22.8. The SMILES string of the molecule is COc1ccc(C2=C(Nc3ccc(N(C)C)cc3)C(=O)N(Cc3ccccn3)C2=O)cc1OC. The summed E-state index contributed by atoms with van der Waals surface area (Å²) in [6.45, 7) is 0.0695. The highest BCUT2D eigenvalue weighted by atomic mass is 16.5. The molecule has 0 saturated heterocycles. The molecule has 3 aromatic rings. The van der Waals surface area contributed by atoms with Gasteiger partial charge >= 0.3 is 0 Å². The van der Waals surface area contributed by atoms with Gasteiger partial charge in [0.05, 0.1) is 32.0 Å². The zero-order valence-electron chi connectivity index (χ0n) is 19.5. The van der Waals surface area contributed by atoms with Gasteiger partial charge in [-0.3, -0.25) is 19.5 Å². The van der Waals surface area contributed by atoms with Crippen molar-refractivity contribution in [2.45, 2.75) is 6.54 Å². The average molecular weight is 459 g/mol. The number of carbonyl (C=O) groups is 2. The molecular formula is C26H26N4O4. The first-order chi connectivity index (χ1) is 16.4. The lowest BCUT2D eigenvalue weighted by Gasteiger charge is -2.15. The third kappa shape index (κ3) is 4.43. The Labute approximate surface area is 198 Å². The van der Waals surface area contributed by atoms with Gasteiger partial charge in [-0.25, -0.2) is 0 Å². The van der Waals surface area contributed by atoms with Gasteiger partial charge in [0.2, 0.25) is 0 Å². The van der Waals surface area contributed by atoms with Gasteiger partial charge < -0.3 is 19.7 Å². The number of methoxy groups -OCH3 is 2. The number of nitrogens with zero attached hydrogens (tertiary/aromatic N) is 3. The summed E-state index contributed by atoms with van der Waals surface area (Å²) in [6, 6.07) is 18.1. The van der Waals surface area contributed by atoms with E-state index in [1.807, 2.05) is 49.3 Å². The molecule has 1 aromatic heterocycles. The van der Waals surface area contributed by atoms with Crippen LogP contribution in [-0.2, 0) is 16.1 Å². The number of nitrogens with one attached hydrogen (secondary N) is 1. The molecule has 0 fully saturated rings. The molecular weight excluding hydrogens is 432 g/mol. The fourth-order valence-corrected chi connectivity index (χ4v) is 3.74. The quantitative estimate of drug-likeness (QED) is 0.517. The van der Waals surface area contributed by atoms with Crippen molar-refractivity contribution >= 4 is 28.8 Å². The van der Waals surface area contributed by atoms with Gasteiger partial charge in [0.25, 0.3) is 11.8 Å². The number of amides is 2. The fourth-order valence-electron chi connectivity index (χ4n) is 3.74. The molecule has 0 radical (unpaired) electrons. The van der Waals surface area contributed by atoms with Crippen LogP contribution in [0.1, 0.15) is 11.3 Å². The molecule has 0 unspecified atom stereocenters. The Balaban J connectivity index is 1.76. The van der Waals surface area contributed by atoms with Crippen molar-refractivity contribution < 1.29 is 19.1 Å². The van der Waals surface area contributed by atoms with Crippen molar-refractivity contribution in [1.29, 1.82) is 0 Å². The van der Waals surface area contributed by atoms with Crippen molar-refractivity contribution in [1.82, 2.24) is 9.88 Å². The first-order valence-corrected chi connectivity index (χ1v) is 10.7. The van der Waals surface area contributed by atoms with Gasteiger partial charge in [0.1, 0.15) is 5.70 Å². The number of hydrogen-bond acceptors (Lipinski definition) is 7. The molecule has 8 heteroatoms. The Bertz CT molecular complexity index is 1240. The molecule has 1 aliphatic heterocycles. The van der Waals surface area contributed by atoms with Gasteiger partial charge in [0.15, 0.2) is 11.5 Å². The van der Waals surface area contributed by atoms with Gasteiger partial charge in [-0.2, -0.15) is 0 Å². The zero-order chi connectivity index (χ0) is 24.2. The summed E-state index contributed by atoms with van der Waals surface area (Å²) in [5.74, 6) is 0.167. The van der Waals surface area contributed by atoms with Crippen molar-refractivity contribution in [3.05, 3.63) is 83.8 Å². The highest BCUT2D eigenvalue weighted by Crippen LogP contribution is 2.36. The molecule has 0 bridgehead atoms. The molecule has 2 amide bonds. The largest absolute Gasteiger partial charge is 0.493 e. The Morgan fingerprint density at radius 1 is 0.912 bits per heavy atom. The molecule has 0 saturated carbocycles. The summed E-state index contributed by atoms with van der Waals surface area (Å²) in [7, 11) is 6.97. The van der Waals surface area contributed by atoms with Crippen LogP contribution in [0.2, 0.25) is 0 Å². The number of aromatic nitrogens is 1. The summed E-state index contributed by atoms with van der Waals surface area (Å²) in [5.41, 5.74) is 3.34. The number of ether oxygens (including phenoxy) is 2. The van der Waals surface area contributed by atoms with E-state index in [0.29, 0.717) is 28.4 Å². The summed E-state index contributed by atoms with van der Waals surface area (Å²) in [5, 5.41) is 3.17. The summed E-state index contributed by atoms with van der Waals surface area (Å²) < 4.78 is 10.7. The minimum absolute atomic E-state index is 0.0695. The van der Waals surface area contributed by atoms with Crippen molar-refractivity contribution in [3.63, 3.8) is 0 Å². The van der Waals surface area contributed by atoms with E-state index in [0.717, 1.165) is 5.69 Å². The Hall–Kier alpha value is -4.33. The second kappa shape index (κ2) is 9.66. The average Bonchev–Trinajstić information content (AvgIpc) is 3.08. The van der Waals surface area contributed by atoms with Gasteiger partial charge in [-0.15, -0.1) is 0 Å². The fraction of sp³-hybridized carbons (Fsp3) is 0.192. The second-order valence-electron chi connectivity index (χ2n) is 7.90. The van der Waals surface area contributed by atoms with Crippen LogP contribution in [0.25, 0.3) is 5.57 Å². The first-order valence-electron chi connectivity index (χ1n) is 10.7. The van der Waals surface area contributed by atoms with Crippen LogP contribution in [0.3, 0.4) is 0 Å². The lowest BCUT2D eigenvalue weighted by Crippen LogP contribution is -2.32. The van der Waals surface area contributed by atoms with E-state index in [4.69, 9.17) is 9.47 Å². The van der Waals surface area contributed by atoms with Crippen LogP contribution < -0.4 is 19.7 Å². The number of imide groups is 1. The second-order valence-corrected chi connectivity index (χ2v) is 7.90. The van der Waals surface area contributed by atoms with Crippen molar-refractivity contribution in [2.75, 3.05) is 38.5 Å². The molecule has 8 nitrogen and oxygen atoms in total. The number of anilines is 2. The highest BCUT2D eigenvalue weighted by Gasteiger charge is 2.39. The van der Waals surface area contributed by atoms with Crippen molar-refractivity contribution in [2.24, 2.45) is 0 Å². The molecule has 2 heterocycles. The van der Waals surface area contributed by atoms with E-state index in [-0.39, 0.29) is 17.8 Å². The number of benzene rings is 2. The van der Waals surface area contributed by atoms with Crippen LogP contribution in [0, 0.1) is 0 Å². The molecule has 174 valence electrons. The topological polar surface area (TPSA) is 84.0 Å². The van der Waals surface area contributed by atoms with Crippen LogP contribution in [-0.4, -0.2) is 50.0 Å². The predicted octanol–water partition coefficient (Wildman–Crippen LogP) is 3.56. The van der Waals surface area contributed by atoms with E-state index in [2.05, 4.69) is 10.3 Å². The summed E-state index contributed by atoms with van der Waals surface area (Å²) in [6.07, 6.45) is 1.63. The van der Waals surface area contributed by atoms with E-state index in [1.165, 1.54) is 12.0 Å². The predicted molar refractivity (Wildman–Crippen MR) is 131 cm³/mol. The molecule has 0 aliphatic carbocycles. The maximum atomic E-state index is 13.5. The Morgan fingerprint density at radius 3 is 2.26 bits per heavy atom. The van der Waals surface area contributed by atoms with Gasteiger partial charge in [0, 0.05) is 31.7 Å². The monoisotopic (exact) mass is 458 g/mol. The zero-order valence-corrected chi connectivity index (χ0v) is 19.5. The number of carbonyl (C=O) groups excluding carboxylic acids is 2. The molecule has 1 aliphatic rings. The van der Waals surface area contributed by atoms with Crippen molar-refractivity contribution in [3.8, 4) is 11.5 Å². The lowest BCUT2D eigenvalue weighted by molar-refractivity contribution is -0.137. The number of rotatable bonds is 8. The van der Waals surface area contributed by atoms with E-state index in [9.17, 15) is 9.59 Å². The molecule has 0 spiro atoms. The minimum Gasteiger partial charge on any atom is -0.493 e. The van der Waals surface area contributed by atoms with Crippen LogP contribution >= 0.6 is 0 Å². The summed E-state index contributed by atoms with van der Waals surface area (Å²) in [4.78, 5) is 34.4. The molecule has 2 aromatic carbocycles. The third-order valence-corrected chi connectivity index (χ3v) is 5.54. The van der Waals surface area contributed by atoms with Crippen LogP contribution in [0.15, 0.2) is 72.6 Å². The molecule has 1 N–H and O–H groups in total. The van der Waals surface area contributed by atoms with Gasteiger partial charge in [-0.1, -0.05) is 12.1 Å².